The molecule has 0 aliphatic heterocycles. The van der Waals surface area contributed by atoms with Gasteiger partial charge >= 0.3 is 0 Å². The molecule has 1 rings (SSSR count). The molecule has 0 aliphatic carbocycles. The number of benzene rings is 1. The average Bonchev–Trinajstić information content (AvgIpc) is 2.32. The Balaban J connectivity index is 2.59. The van der Waals surface area contributed by atoms with Crippen LogP contribution in [0.4, 0.5) is 0 Å². The number of hydrogen-bond acceptors (Lipinski definition) is 2. The molecule has 0 radical (unpaired) electrons. The van der Waals surface area contributed by atoms with Gasteiger partial charge in [-0.1, -0.05) is 47.8 Å². The molecule has 0 atom stereocenters. The Kier molecular flexibility index (Phi) is 8.31. The molecule has 0 saturated heterocycles. The van der Waals surface area contributed by atoms with E-state index in [1.54, 1.807) is 0 Å². The topological polar surface area (TPSA) is 18.5 Å². The van der Waals surface area contributed by atoms with E-state index in [0.717, 1.165) is 39.5 Å². The summed E-state index contributed by atoms with van der Waals surface area (Å²) in [6.07, 6.45) is 1.96. The Bertz CT molecular complexity index is 332. The van der Waals surface area contributed by atoms with Gasteiger partial charge in [-0.3, -0.25) is 0 Å². The lowest BCUT2D eigenvalue weighted by atomic mass is 10.3. The molecule has 17 heavy (non-hydrogen) atoms. The summed E-state index contributed by atoms with van der Waals surface area (Å²) in [7, 11) is 0. The Hall–Kier alpha value is 0.260. The average molecular weight is 431 g/mol. The fourth-order valence-electron chi connectivity index (χ4n) is 1.19. The van der Waals surface area contributed by atoms with Crippen molar-refractivity contribution in [1.82, 2.24) is 0 Å². The Morgan fingerprint density at radius 1 is 0.882 bits per heavy atom. The monoisotopic (exact) mass is 428 g/mol. The van der Waals surface area contributed by atoms with Gasteiger partial charge in [-0.2, -0.15) is 0 Å². The molecule has 0 aliphatic rings. The zero-order valence-electron chi connectivity index (χ0n) is 9.43. The summed E-state index contributed by atoms with van der Waals surface area (Å²) in [6, 6.07) is 5.83. The third kappa shape index (κ3) is 6.11. The van der Waals surface area contributed by atoms with E-state index in [1.165, 1.54) is 0 Å². The molecule has 0 N–H and O–H groups in total. The maximum atomic E-state index is 5.69. The van der Waals surface area contributed by atoms with Crippen molar-refractivity contribution in [3.8, 4) is 11.5 Å². The smallest absolute Gasteiger partial charge is 0.162 e. The number of ether oxygens (including phenoxy) is 2. The lowest BCUT2D eigenvalue weighted by molar-refractivity contribution is 0.269. The van der Waals surface area contributed by atoms with Crippen LogP contribution in [0.3, 0.4) is 0 Å². The zero-order chi connectivity index (χ0) is 12.5. The van der Waals surface area contributed by atoms with Crippen molar-refractivity contribution >= 4 is 47.8 Å². The highest BCUT2D eigenvalue weighted by atomic mass is 79.9. The Morgan fingerprint density at radius 2 is 1.47 bits per heavy atom. The molecule has 2 nitrogen and oxygen atoms in total. The van der Waals surface area contributed by atoms with Gasteiger partial charge in [-0.15, -0.1) is 0 Å². The predicted octanol–water partition coefficient (Wildman–Crippen LogP) is 4.78. The second kappa shape index (κ2) is 9.22. The maximum absolute atomic E-state index is 5.69. The van der Waals surface area contributed by atoms with E-state index in [0.29, 0.717) is 13.2 Å². The standard InChI is InChI=1S/C12H15Br3O2/c13-5-1-7-16-11-4-3-10(15)9-12(11)17-8-2-6-14/h3-4,9H,1-2,5-8H2. The van der Waals surface area contributed by atoms with E-state index in [9.17, 15) is 0 Å². The van der Waals surface area contributed by atoms with Crippen LogP contribution in [0.15, 0.2) is 22.7 Å². The zero-order valence-corrected chi connectivity index (χ0v) is 14.2. The third-order valence-electron chi connectivity index (χ3n) is 1.98. The summed E-state index contributed by atoms with van der Waals surface area (Å²) in [5, 5.41) is 1.89. The summed E-state index contributed by atoms with van der Waals surface area (Å²) in [4.78, 5) is 0. The molecule has 5 heteroatoms. The molecule has 0 unspecified atom stereocenters. The fourth-order valence-corrected chi connectivity index (χ4v) is 1.99. The number of hydrogen-bond donors (Lipinski definition) is 0. The quantitative estimate of drug-likeness (QED) is 0.436. The first-order valence-corrected chi connectivity index (χ1v) is 8.48. The van der Waals surface area contributed by atoms with Crippen molar-refractivity contribution in [2.45, 2.75) is 12.8 Å². The third-order valence-corrected chi connectivity index (χ3v) is 3.59. The summed E-state index contributed by atoms with van der Waals surface area (Å²) in [5.74, 6) is 1.61. The first kappa shape index (κ1) is 15.3. The SMILES string of the molecule is BrCCCOc1ccc(Br)cc1OCCCBr. The van der Waals surface area contributed by atoms with E-state index in [4.69, 9.17) is 9.47 Å². The highest BCUT2D eigenvalue weighted by molar-refractivity contribution is 9.10. The molecule has 0 bridgehead atoms. The first-order valence-electron chi connectivity index (χ1n) is 5.45. The molecule has 1 aromatic carbocycles. The van der Waals surface area contributed by atoms with Crippen LogP contribution < -0.4 is 9.47 Å². The lowest BCUT2D eigenvalue weighted by Crippen LogP contribution is -2.03. The minimum Gasteiger partial charge on any atom is -0.490 e. The number of alkyl halides is 2. The van der Waals surface area contributed by atoms with Crippen LogP contribution in [-0.2, 0) is 0 Å². The summed E-state index contributed by atoms with van der Waals surface area (Å²) >= 11 is 10.2. The van der Waals surface area contributed by atoms with Crippen molar-refractivity contribution in [3.63, 3.8) is 0 Å². The minimum absolute atomic E-state index is 0.691. The van der Waals surface area contributed by atoms with Crippen LogP contribution in [0.2, 0.25) is 0 Å². The van der Waals surface area contributed by atoms with Gasteiger partial charge in [0.1, 0.15) is 0 Å². The van der Waals surface area contributed by atoms with E-state index < -0.39 is 0 Å². The van der Waals surface area contributed by atoms with Gasteiger partial charge in [0.25, 0.3) is 0 Å². The molecule has 0 amide bonds. The van der Waals surface area contributed by atoms with Crippen molar-refractivity contribution in [1.29, 1.82) is 0 Å². The van der Waals surface area contributed by atoms with Crippen LogP contribution in [0, 0.1) is 0 Å². The van der Waals surface area contributed by atoms with Gasteiger partial charge in [0.15, 0.2) is 11.5 Å². The Labute approximate surface area is 127 Å². The van der Waals surface area contributed by atoms with E-state index >= 15 is 0 Å². The van der Waals surface area contributed by atoms with Gasteiger partial charge in [0.05, 0.1) is 13.2 Å². The molecule has 0 spiro atoms. The van der Waals surface area contributed by atoms with Crippen LogP contribution in [0.5, 0.6) is 11.5 Å². The molecule has 0 saturated carbocycles. The van der Waals surface area contributed by atoms with Crippen LogP contribution in [0.1, 0.15) is 12.8 Å². The first-order chi connectivity index (χ1) is 8.27. The van der Waals surface area contributed by atoms with Crippen LogP contribution in [-0.4, -0.2) is 23.9 Å². The lowest BCUT2D eigenvalue weighted by Gasteiger charge is -2.12. The minimum atomic E-state index is 0.691. The van der Waals surface area contributed by atoms with E-state index in [2.05, 4.69) is 47.8 Å². The Morgan fingerprint density at radius 3 is 2.06 bits per heavy atom. The van der Waals surface area contributed by atoms with Crippen LogP contribution >= 0.6 is 47.8 Å². The molecule has 1 aromatic rings. The molecular formula is C12H15Br3O2. The van der Waals surface area contributed by atoms with Gasteiger partial charge in [-0.25, -0.2) is 0 Å². The molecular weight excluding hydrogens is 416 g/mol. The number of halogens is 3. The van der Waals surface area contributed by atoms with Crippen molar-refractivity contribution in [2.24, 2.45) is 0 Å². The highest BCUT2D eigenvalue weighted by Crippen LogP contribution is 2.30. The highest BCUT2D eigenvalue weighted by Gasteiger charge is 2.05. The van der Waals surface area contributed by atoms with Gasteiger partial charge < -0.3 is 9.47 Å². The molecule has 0 fully saturated rings. The number of rotatable bonds is 8. The molecule has 96 valence electrons. The fraction of sp³-hybridized carbons (Fsp3) is 0.500. The van der Waals surface area contributed by atoms with Crippen LogP contribution in [0.25, 0.3) is 0 Å². The second-order valence-electron chi connectivity index (χ2n) is 3.37. The maximum Gasteiger partial charge on any atom is 0.162 e. The van der Waals surface area contributed by atoms with Crippen molar-refractivity contribution < 1.29 is 9.47 Å². The van der Waals surface area contributed by atoms with E-state index in [-0.39, 0.29) is 0 Å². The largest absolute Gasteiger partial charge is 0.490 e. The summed E-state index contributed by atoms with van der Waals surface area (Å²) in [6.45, 7) is 1.39. The van der Waals surface area contributed by atoms with E-state index in [1.807, 2.05) is 18.2 Å². The summed E-state index contributed by atoms with van der Waals surface area (Å²) in [5.41, 5.74) is 0. The summed E-state index contributed by atoms with van der Waals surface area (Å²) < 4.78 is 12.4. The second-order valence-corrected chi connectivity index (χ2v) is 5.87. The normalized spacial score (nSPS) is 10.3. The van der Waals surface area contributed by atoms with Gasteiger partial charge in [0.2, 0.25) is 0 Å². The predicted molar refractivity (Wildman–Crippen MR) is 82.0 cm³/mol. The van der Waals surface area contributed by atoms with Gasteiger partial charge in [0, 0.05) is 15.1 Å². The molecule has 0 aromatic heterocycles. The van der Waals surface area contributed by atoms with Crippen molar-refractivity contribution in [3.05, 3.63) is 22.7 Å². The van der Waals surface area contributed by atoms with Gasteiger partial charge in [-0.05, 0) is 31.0 Å². The van der Waals surface area contributed by atoms with Crippen molar-refractivity contribution in [2.75, 3.05) is 23.9 Å². The molecule has 0 heterocycles.